The lowest BCUT2D eigenvalue weighted by atomic mass is 9.96. The van der Waals surface area contributed by atoms with E-state index in [9.17, 15) is 4.79 Å². The molecule has 0 saturated carbocycles. The number of nitrogens with two attached hydrogens (primary N) is 1. The molecule has 1 saturated heterocycles. The Hall–Kier alpha value is -0.950. The average Bonchev–Trinajstić information content (AvgIpc) is 3.15. The molecule has 3 rings (SSSR count). The molecule has 1 amide bonds. The van der Waals surface area contributed by atoms with Crippen LogP contribution in [0, 0.1) is 0 Å². The summed E-state index contributed by atoms with van der Waals surface area (Å²) >= 11 is 8.92. The Labute approximate surface area is 142 Å². The van der Waals surface area contributed by atoms with E-state index in [0.29, 0.717) is 5.69 Å². The van der Waals surface area contributed by atoms with Crippen LogP contribution < -0.4 is 5.73 Å². The van der Waals surface area contributed by atoms with Gasteiger partial charge in [0.1, 0.15) is 10.7 Å². The molecule has 1 aliphatic rings. The number of rotatable bonds is 3. The van der Waals surface area contributed by atoms with E-state index in [1.807, 2.05) is 29.3 Å². The predicted octanol–water partition coefficient (Wildman–Crippen LogP) is 3.87. The molecule has 2 N–H and O–H groups in total. The first-order valence-electron chi connectivity index (χ1n) is 7.34. The number of likely N-dealkylation sites (tertiary alicyclic amines) is 1. The van der Waals surface area contributed by atoms with E-state index in [-0.39, 0.29) is 18.0 Å². The molecule has 0 bridgehead atoms. The third-order valence-electron chi connectivity index (χ3n) is 3.92. The van der Waals surface area contributed by atoms with Crippen LogP contribution in [-0.2, 0) is 0 Å². The summed E-state index contributed by atoms with van der Waals surface area (Å²) in [4.78, 5) is 20.2. The molecule has 3 heterocycles. The Kier molecular flexibility index (Phi) is 4.82. The fourth-order valence-corrected chi connectivity index (χ4v) is 4.73. The van der Waals surface area contributed by atoms with Gasteiger partial charge in [-0.15, -0.1) is 22.7 Å². The maximum absolute atomic E-state index is 12.8. The van der Waals surface area contributed by atoms with Gasteiger partial charge in [-0.3, -0.25) is 4.79 Å². The van der Waals surface area contributed by atoms with Crippen molar-refractivity contribution in [2.45, 2.75) is 38.3 Å². The second-order valence-electron chi connectivity index (χ2n) is 5.56. The third-order valence-corrected chi connectivity index (χ3v) is 6.17. The van der Waals surface area contributed by atoms with Crippen LogP contribution in [-0.4, -0.2) is 34.4 Å². The molecular weight excluding hydrogens is 338 g/mol. The highest BCUT2D eigenvalue weighted by atomic mass is 35.5. The van der Waals surface area contributed by atoms with Crippen molar-refractivity contribution >= 4 is 40.2 Å². The lowest BCUT2D eigenvalue weighted by Gasteiger charge is -2.37. The lowest BCUT2D eigenvalue weighted by molar-refractivity contribution is 0.0578. The van der Waals surface area contributed by atoms with Gasteiger partial charge in [-0.25, -0.2) is 4.98 Å². The first-order valence-corrected chi connectivity index (χ1v) is 9.41. The highest BCUT2D eigenvalue weighted by molar-refractivity contribution is 7.23. The van der Waals surface area contributed by atoms with Crippen molar-refractivity contribution in [1.82, 2.24) is 9.88 Å². The fourth-order valence-electron chi connectivity index (χ4n) is 2.82. The smallest absolute Gasteiger partial charge is 0.273 e. The minimum atomic E-state index is -0.0153. The van der Waals surface area contributed by atoms with Gasteiger partial charge in [0.05, 0.1) is 9.21 Å². The quantitative estimate of drug-likeness (QED) is 0.909. The van der Waals surface area contributed by atoms with Crippen molar-refractivity contribution in [2.24, 2.45) is 5.73 Å². The summed E-state index contributed by atoms with van der Waals surface area (Å²) < 4.78 is 0.728. The summed E-state index contributed by atoms with van der Waals surface area (Å²) in [6.07, 6.45) is 3.14. The number of halogens is 1. The second-order valence-corrected chi connectivity index (χ2v) is 8.14. The fraction of sp³-hybridized carbons (Fsp3) is 0.467. The Bertz CT molecular complexity index is 667. The molecule has 2 atom stereocenters. The summed E-state index contributed by atoms with van der Waals surface area (Å²) in [5.74, 6) is -0.00727. The highest BCUT2D eigenvalue weighted by Gasteiger charge is 2.31. The number of thiophene rings is 1. The molecule has 22 heavy (non-hydrogen) atoms. The summed E-state index contributed by atoms with van der Waals surface area (Å²) in [5.41, 5.74) is 6.56. The average molecular weight is 356 g/mol. The van der Waals surface area contributed by atoms with Crippen LogP contribution in [0.2, 0.25) is 4.34 Å². The standard InChI is InChI=1S/C15H18ClN3OS2/c1-9(17)11-4-2-3-7-19(11)15(20)10-8-21-14(18-10)12-5-6-13(16)22-12/h5-6,8-9,11H,2-4,7,17H2,1H3. The first-order chi connectivity index (χ1) is 10.6. The summed E-state index contributed by atoms with van der Waals surface area (Å²) in [5, 5.41) is 2.67. The number of aromatic nitrogens is 1. The van der Waals surface area contributed by atoms with Crippen molar-refractivity contribution in [1.29, 1.82) is 0 Å². The van der Waals surface area contributed by atoms with Crippen LogP contribution >= 0.6 is 34.3 Å². The maximum Gasteiger partial charge on any atom is 0.273 e. The van der Waals surface area contributed by atoms with Gasteiger partial charge in [-0.1, -0.05) is 11.6 Å². The number of carbonyl (C=O) groups excluding carboxylic acids is 1. The van der Waals surface area contributed by atoms with Gasteiger partial charge in [0.25, 0.3) is 5.91 Å². The van der Waals surface area contributed by atoms with Crippen LogP contribution in [0.5, 0.6) is 0 Å². The molecule has 4 nitrogen and oxygen atoms in total. The minimum Gasteiger partial charge on any atom is -0.333 e. The van der Waals surface area contributed by atoms with E-state index in [0.717, 1.165) is 40.0 Å². The normalized spacial score (nSPS) is 20.1. The minimum absolute atomic E-state index is 0.00727. The van der Waals surface area contributed by atoms with Crippen molar-refractivity contribution in [3.63, 3.8) is 0 Å². The van der Waals surface area contributed by atoms with Crippen LogP contribution in [0.4, 0.5) is 0 Å². The van der Waals surface area contributed by atoms with E-state index in [4.69, 9.17) is 17.3 Å². The summed E-state index contributed by atoms with van der Waals surface area (Å²) in [6, 6.07) is 3.88. The predicted molar refractivity (Wildman–Crippen MR) is 92.8 cm³/mol. The molecule has 0 spiro atoms. The van der Waals surface area contributed by atoms with E-state index >= 15 is 0 Å². The van der Waals surface area contributed by atoms with Gasteiger partial charge in [0, 0.05) is 24.0 Å². The Morgan fingerprint density at radius 3 is 3.00 bits per heavy atom. The van der Waals surface area contributed by atoms with Crippen LogP contribution in [0.3, 0.4) is 0 Å². The van der Waals surface area contributed by atoms with Gasteiger partial charge in [0.15, 0.2) is 0 Å². The molecule has 118 valence electrons. The number of nitrogens with zero attached hydrogens (tertiary/aromatic N) is 2. The van der Waals surface area contributed by atoms with Gasteiger partial charge < -0.3 is 10.6 Å². The molecule has 2 aromatic heterocycles. The van der Waals surface area contributed by atoms with E-state index in [1.54, 1.807) is 0 Å². The molecular formula is C15H18ClN3OS2. The van der Waals surface area contributed by atoms with Crippen molar-refractivity contribution in [2.75, 3.05) is 6.54 Å². The van der Waals surface area contributed by atoms with Gasteiger partial charge in [-0.05, 0) is 38.3 Å². The summed E-state index contributed by atoms with van der Waals surface area (Å²) in [6.45, 7) is 2.74. The molecule has 1 fully saturated rings. The van der Waals surface area contributed by atoms with E-state index < -0.39 is 0 Å². The van der Waals surface area contributed by atoms with E-state index in [2.05, 4.69) is 4.98 Å². The van der Waals surface area contributed by atoms with Gasteiger partial charge in [-0.2, -0.15) is 0 Å². The number of carbonyl (C=O) groups is 1. The monoisotopic (exact) mass is 355 g/mol. The third kappa shape index (κ3) is 3.20. The molecule has 0 radical (unpaired) electrons. The van der Waals surface area contributed by atoms with Gasteiger partial charge >= 0.3 is 0 Å². The number of amides is 1. The number of thiazole rings is 1. The largest absolute Gasteiger partial charge is 0.333 e. The Morgan fingerprint density at radius 2 is 2.32 bits per heavy atom. The number of piperidine rings is 1. The second kappa shape index (κ2) is 6.66. The van der Waals surface area contributed by atoms with Crippen molar-refractivity contribution in [3.8, 4) is 9.88 Å². The van der Waals surface area contributed by atoms with Gasteiger partial charge in [0.2, 0.25) is 0 Å². The van der Waals surface area contributed by atoms with E-state index in [1.165, 1.54) is 22.7 Å². The zero-order chi connectivity index (χ0) is 15.7. The summed E-state index contributed by atoms with van der Waals surface area (Å²) in [7, 11) is 0. The molecule has 2 unspecified atom stereocenters. The van der Waals surface area contributed by atoms with Crippen molar-refractivity contribution in [3.05, 3.63) is 27.5 Å². The molecule has 0 aromatic carbocycles. The first kappa shape index (κ1) is 15.9. The van der Waals surface area contributed by atoms with Crippen LogP contribution in [0.1, 0.15) is 36.7 Å². The zero-order valence-corrected chi connectivity index (χ0v) is 14.7. The number of hydrogen-bond donors (Lipinski definition) is 1. The highest BCUT2D eigenvalue weighted by Crippen LogP contribution is 2.33. The molecule has 7 heteroatoms. The topological polar surface area (TPSA) is 59.2 Å². The van der Waals surface area contributed by atoms with Crippen molar-refractivity contribution < 1.29 is 4.79 Å². The SMILES string of the molecule is CC(N)C1CCCCN1C(=O)c1csc(-c2ccc(Cl)s2)n1. The Morgan fingerprint density at radius 1 is 1.50 bits per heavy atom. The molecule has 1 aliphatic heterocycles. The zero-order valence-electron chi connectivity index (χ0n) is 12.3. The van der Waals surface area contributed by atoms with Crippen LogP contribution in [0.25, 0.3) is 9.88 Å². The lowest BCUT2D eigenvalue weighted by Crippen LogP contribution is -2.51. The number of hydrogen-bond acceptors (Lipinski definition) is 5. The molecule has 0 aliphatic carbocycles. The Balaban J connectivity index is 1.81. The maximum atomic E-state index is 12.8. The van der Waals surface area contributed by atoms with Crippen LogP contribution in [0.15, 0.2) is 17.5 Å². The molecule has 2 aromatic rings.